The van der Waals surface area contributed by atoms with Crippen LogP contribution in [-0.4, -0.2) is 19.0 Å². The minimum atomic E-state index is -0.146. The quantitative estimate of drug-likeness (QED) is 0.533. The summed E-state index contributed by atoms with van der Waals surface area (Å²) in [5, 5.41) is 0. The van der Waals surface area contributed by atoms with Gasteiger partial charge in [-0.05, 0) is 12.8 Å². The Morgan fingerprint density at radius 1 is 1.09 bits per heavy atom. The smallest absolute Gasteiger partial charge is 0.168 e. The predicted octanol–water partition coefficient (Wildman–Crippen LogP) is 1.94. The largest absolute Gasteiger partial charge is 0.350 e. The third kappa shape index (κ3) is 1.42. The minimum Gasteiger partial charge on any atom is -0.350 e. The van der Waals surface area contributed by atoms with Gasteiger partial charge in [-0.3, -0.25) is 0 Å². The highest BCUT2D eigenvalue weighted by Crippen LogP contribution is 2.37. The van der Waals surface area contributed by atoms with Crippen molar-refractivity contribution in [3.8, 4) is 0 Å². The molecule has 0 atom stereocenters. The maximum atomic E-state index is 5.72. The molecule has 2 nitrogen and oxygen atoms in total. The molecule has 1 aliphatic heterocycles. The molecule has 2 aliphatic rings. The van der Waals surface area contributed by atoms with E-state index in [1.54, 1.807) is 0 Å². The summed E-state index contributed by atoms with van der Waals surface area (Å²) in [6, 6.07) is 0. The fourth-order valence-electron chi connectivity index (χ4n) is 1.88. The molecule has 0 aromatic heterocycles. The number of hydrogen-bond acceptors (Lipinski definition) is 2. The standard InChI is InChI=1S/C9H16O2/c1-8-6-10-9(11-7-8)4-2-3-5-9/h8H,2-7H2,1H3. The van der Waals surface area contributed by atoms with E-state index in [-0.39, 0.29) is 5.79 Å². The highest BCUT2D eigenvalue weighted by molar-refractivity contribution is 4.80. The number of rotatable bonds is 0. The first-order chi connectivity index (χ1) is 5.31. The second-order valence-corrected chi connectivity index (χ2v) is 3.84. The van der Waals surface area contributed by atoms with Crippen molar-refractivity contribution in [3.63, 3.8) is 0 Å². The van der Waals surface area contributed by atoms with Crippen molar-refractivity contribution in [1.29, 1.82) is 0 Å². The minimum absolute atomic E-state index is 0.146. The second kappa shape index (κ2) is 2.76. The molecule has 0 radical (unpaired) electrons. The summed E-state index contributed by atoms with van der Waals surface area (Å²) in [6.45, 7) is 3.95. The van der Waals surface area contributed by atoms with Gasteiger partial charge in [0.05, 0.1) is 13.2 Å². The summed E-state index contributed by atoms with van der Waals surface area (Å²) in [5.74, 6) is 0.438. The maximum Gasteiger partial charge on any atom is 0.168 e. The SMILES string of the molecule is CC1COC2(CCCC2)OC1. The van der Waals surface area contributed by atoms with E-state index in [4.69, 9.17) is 9.47 Å². The summed E-state index contributed by atoms with van der Waals surface area (Å²) < 4.78 is 11.4. The Bertz CT molecular complexity index is 128. The van der Waals surface area contributed by atoms with Gasteiger partial charge in [-0.2, -0.15) is 0 Å². The topological polar surface area (TPSA) is 18.5 Å². The average Bonchev–Trinajstić information content (AvgIpc) is 2.45. The Balaban J connectivity index is 1.94. The average molecular weight is 156 g/mol. The third-order valence-corrected chi connectivity index (χ3v) is 2.63. The van der Waals surface area contributed by atoms with Gasteiger partial charge >= 0.3 is 0 Å². The van der Waals surface area contributed by atoms with Crippen LogP contribution in [0, 0.1) is 5.92 Å². The molecule has 0 amide bonds. The van der Waals surface area contributed by atoms with Gasteiger partial charge in [0.25, 0.3) is 0 Å². The molecule has 0 aromatic carbocycles. The Morgan fingerprint density at radius 3 is 2.18 bits per heavy atom. The fraction of sp³-hybridized carbons (Fsp3) is 1.00. The molecular formula is C9H16O2. The summed E-state index contributed by atoms with van der Waals surface area (Å²) in [6.07, 6.45) is 4.77. The molecule has 1 heterocycles. The van der Waals surface area contributed by atoms with Gasteiger partial charge < -0.3 is 9.47 Å². The van der Waals surface area contributed by atoms with Crippen LogP contribution in [-0.2, 0) is 9.47 Å². The van der Waals surface area contributed by atoms with Crippen LogP contribution < -0.4 is 0 Å². The van der Waals surface area contributed by atoms with Crippen LogP contribution in [0.25, 0.3) is 0 Å². The zero-order valence-electron chi connectivity index (χ0n) is 7.14. The second-order valence-electron chi connectivity index (χ2n) is 3.84. The predicted molar refractivity (Wildman–Crippen MR) is 42.3 cm³/mol. The molecule has 1 aliphatic carbocycles. The van der Waals surface area contributed by atoms with Crippen molar-refractivity contribution in [2.75, 3.05) is 13.2 Å². The van der Waals surface area contributed by atoms with Crippen molar-refractivity contribution < 1.29 is 9.47 Å². The van der Waals surface area contributed by atoms with E-state index in [0.29, 0.717) is 5.92 Å². The zero-order chi connectivity index (χ0) is 7.73. The van der Waals surface area contributed by atoms with E-state index in [0.717, 1.165) is 26.1 Å². The summed E-state index contributed by atoms with van der Waals surface area (Å²) in [4.78, 5) is 0. The van der Waals surface area contributed by atoms with Crippen LogP contribution >= 0.6 is 0 Å². The lowest BCUT2D eigenvalue weighted by atomic mass is 10.1. The molecule has 0 N–H and O–H groups in total. The molecule has 11 heavy (non-hydrogen) atoms. The molecule has 1 saturated heterocycles. The monoisotopic (exact) mass is 156 g/mol. The van der Waals surface area contributed by atoms with Gasteiger partial charge in [0.15, 0.2) is 5.79 Å². The molecule has 2 heteroatoms. The molecule has 1 saturated carbocycles. The van der Waals surface area contributed by atoms with Crippen molar-refractivity contribution >= 4 is 0 Å². The first-order valence-corrected chi connectivity index (χ1v) is 4.59. The number of hydrogen-bond donors (Lipinski definition) is 0. The van der Waals surface area contributed by atoms with Crippen LogP contribution in [0.5, 0.6) is 0 Å². The molecular weight excluding hydrogens is 140 g/mol. The summed E-state index contributed by atoms with van der Waals surface area (Å²) in [5.41, 5.74) is 0. The van der Waals surface area contributed by atoms with Crippen molar-refractivity contribution in [3.05, 3.63) is 0 Å². The highest BCUT2D eigenvalue weighted by atomic mass is 16.7. The normalized spacial score (nSPS) is 31.4. The van der Waals surface area contributed by atoms with Gasteiger partial charge in [-0.1, -0.05) is 6.92 Å². The maximum absolute atomic E-state index is 5.72. The molecule has 2 rings (SSSR count). The van der Waals surface area contributed by atoms with Crippen molar-refractivity contribution in [1.82, 2.24) is 0 Å². The first kappa shape index (κ1) is 7.56. The van der Waals surface area contributed by atoms with Crippen LogP contribution in [0.2, 0.25) is 0 Å². The van der Waals surface area contributed by atoms with Gasteiger partial charge in [-0.15, -0.1) is 0 Å². The van der Waals surface area contributed by atoms with Crippen LogP contribution in [0.15, 0.2) is 0 Å². The Morgan fingerprint density at radius 2 is 1.64 bits per heavy atom. The van der Waals surface area contributed by atoms with Crippen LogP contribution in [0.4, 0.5) is 0 Å². The molecule has 2 fully saturated rings. The van der Waals surface area contributed by atoms with Gasteiger partial charge in [-0.25, -0.2) is 0 Å². The first-order valence-electron chi connectivity index (χ1n) is 4.59. The van der Waals surface area contributed by atoms with E-state index in [1.165, 1.54) is 12.8 Å². The summed E-state index contributed by atoms with van der Waals surface area (Å²) >= 11 is 0. The highest BCUT2D eigenvalue weighted by Gasteiger charge is 2.39. The van der Waals surface area contributed by atoms with Crippen molar-refractivity contribution in [2.45, 2.75) is 38.4 Å². The van der Waals surface area contributed by atoms with Gasteiger partial charge in [0.2, 0.25) is 0 Å². The zero-order valence-corrected chi connectivity index (χ0v) is 7.14. The number of ether oxygens (including phenoxy) is 2. The molecule has 0 aromatic rings. The Kier molecular flexibility index (Phi) is 1.90. The van der Waals surface area contributed by atoms with Crippen LogP contribution in [0.3, 0.4) is 0 Å². The Hall–Kier alpha value is -0.0800. The van der Waals surface area contributed by atoms with Gasteiger partial charge in [0, 0.05) is 18.8 Å². The Labute approximate surface area is 67.9 Å². The molecule has 1 spiro atoms. The lowest BCUT2D eigenvalue weighted by molar-refractivity contribution is -0.276. The van der Waals surface area contributed by atoms with Crippen LogP contribution in [0.1, 0.15) is 32.6 Å². The van der Waals surface area contributed by atoms with E-state index in [1.807, 2.05) is 0 Å². The molecule has 0 unspecified atom stereocenters. The summed E-state index contributed by atoms with van der Waals surface area (Å²) in [7, 11) is 0. The van der Waals surface area contributed by atoms with E-state index < -0.39 is 0 Å². The van der Waals surface area contributed by atoms with Crippen molar-refractivity contribution in [2.24, 2.45) is 5.92 Å². The fourth-order valence-corrected chi connectivity index (χ4v) is 1.88. The lowest BCUT2D eigenvalue weighted by Gasteiger charge is -2.36. The molecule has 0 bridgehead atoms. The van der Waals surface area contributed by atoms with E-state index >= 15 is 0 Å². The third-order valence-electron chi connectivity index (χ3n) is 2.63. The van der Waals surface area contributed by atoms with E-state index in [9.17, 15) is 0 Å². The van der Waals surface area contributed by atoms with E-state index in [2.05, 4.69) is 6.92 Å². The lowest BCUT2D eigenvalue weighted by Crippen LogP contribution is -2.41. The molecule has 64 valence electrons. The van der Waals surface area contributed by atoms with Gasteiger partial charge in [0.1, 0.15) is 0 Å².